The lowest BCUT2D eigenvalue weighted by Gasteiger charge is -2.37. The van der Waals surface area contributed by atoms with Crippen molar-refractivity contribution in [1.29, 1.82) is 0 Å². The fourth-order valence-electron chi connectivity index (χ4n) is 2.31. The highest BCUT2D eigenvalue weighted by molar-refractivity contribution is 5.60. The fourth-order valence-corrected chi connectivity index (χ4v) is 2.31. The summed E-state index contributed by atoms with van der Waals surface area (Å²) in [6, 6.07) is 6.02. The molecule has 1 aromatic carbocycles. The number of carbonyl (C=O) groups excluding carboxylic acids is 1. The number of aldehydes is 1. The van der Waals surface area contributed by atoms with Crippen molar-refractivity contribution < 1.29 is 9.72 Å². The van der Waals surface area contributed by atoms with Gasteiger partial charge < -0.3 is 10.1 Å². The smallest absolute Gasteiger partial charge is 0.269 e. The van der Waals surface area contributed by atoms with Gasteiger partial charge in [0.05, 0.1) is 17.0 Å². The van der Waals surface area contributed by atoms with Gasteiger partial charge in [0.2, 0.25) is 0 Å². The number of nitro benzene ring substituents is 1. The van der Waals surface area contributed by atoms with Crippen LogP contribution in [0, 0.1) is 10.1 Å². The lowest BCUT2D eigenvalue weighted by atomic mass is 9.96. The van der Waals surface area contributed by atoms with Crippen molar-refractivity contribution in [1.82, 2.24) is 10.2 Å². The Morgan fingerprint density at radius 3 is 2.67 bits per heavy atom. The van der Waals surface area contributed by atoms with Gasteiger partial charge in [-0.25, -0.2) is 0 Å². The summed E-state index contributed by atoms with van der Waals surface area (Å²) < 4.78 is 0. The molecule has 0 aromatic heterocycles. The van der Waals surface area contributed by atoms with Crippen molar-refractivity contribution in [2.75, 3.05) is 20.1 Å². The molecule has 1 aliphatic rings. The van der Waals surface area contributed by atoms with Crippen molar-refractivity contribution in [2.45, 2.75) is 12.1 Å². The molecular formula is C12H15N3O3. The molecule has 1 aliphatic heterocycles. The van der Waals surface area contributed by atoms with Crippen molar-refractivity contribution >= 4 is 12.0 Å². The molecule has 96 valence electrons. The highest BCUT2D eigenvalue weighted by Crippen LogP contribution is 2.26. The minimum absolute atomic E-state index is 0.0628. The molecule has 1 saturated heterocycles. The van der Waals surface area contributed by atoms with Crippen LogP contribution in [0.2, 0.25) is 0 Å². The number of carbonyl (C=O) groups is 1. The predicted molar refractivity (Wildman–Crippen MR) is 66.3 cm³/mol. The number of non-ortho nitro benzene ring substituents is 1. The molecule has 0 radical (unpaired) electrons. The number of nitrogens with zero attached hydrogens (tertiary/aromatic N) is 2. The molecule has 6 nitrogen and oxygen atoms in total. The SMILES string of the molecule is CN1CCNC(C=O)C1c1ccc([N+](=O)[O-])cc1. The Morgan fingerprint density at radius 2 is 2.11 bits per heavy atom. The molecule has 2 rings (SSSR count). The molecule has 0 amide bonds. The highest BCUT2D eigenvalue weighted by Gasteiger charge is 2.30. The van der Waals surface area contributed by atoms with Crippen LogP contribution in [-0.2, 0) is 4.79 Å². The highest BCUT2D eigenvalue weighted by atomic mass is 16.6. The summed E-state index contributed by atoms with van der Waals surface area (Å²) in [4.78, 5) is 23.3. The van der Waals surface area contributed by atoms with Crippen molar-refractivity contribution in [2.24, 2.45) is 0 Å². The average molecular weight is 249 g/mol. The Hall–Kier alpha value is -1.79. The van der Waals surface area contributed by atoms with E-state index in [2.05, 4.69) is 10.2 Å². The van der Waals surface area contributed by atoms with E-state index in [0.29, 0.717) is 0 Å². The summed E-state index contributed by atoms with van der Waals surface area (Å²) in [6.45, 7) is 1.61. The van der Waals surface area contributed by atoms with Crippen molar-refractivity contribution in [3.05, 3.63) is 39.9 Å². The number of nitrogens with one attached hydrogen (secondary N) is 1. The van der Waals surface area contributed by atoms with Gasteiger partial charge >= 0.3 is 0 Å². The van der Waals surface area contributed by atoms with Crippen LogP contribution in [0.1, 0.15) is 11.6 Å². The minimum Gasteiger partial charge on any atom is -0.305 e. The maximum atomic E-state index is 11.1. The number of hydrogen-bond donors (Lipinski definition) is 1. The van der Waals surface area contributed by atoms with Crippen LogP contribution in [0.25, 0.3) is 0 Å². The Morgan fingerprint density at radius 1 is 1.44 bits per heavy atom. The monoisotopic (exact) mass is 249 g/mol. The second-order valence-electron chi connectivity index (χ2n) is 4.39. The van der Waals surface area contributed by atoms with Gasteiger partial charge in [0, 0.05) is 25.2 Å². The number of hydrogen-bond acceptors (Lipinski definition) is 5. The van der Waals surface area contributed by atoms with Crippen LogP contribution in [0.15, 0.2) is 24.3 Å². The first-order valence-corrected chi connectivity index (χ1v) is 5.77. The largest absolute Gasteiger partial charge is 0.305 e. The third-order valence-corrected chi connectivity index (χ3v) is 3.25. The molecule has 2 atom stereocenters. The molecule has 1 aromatic rings. The molecule has 6 heteroatoms. The fraction of sp³-hybridized carbons (Fsp3) is 0.417. The number of likely N-dealkylation sites (N-methyl/N-ethyl adjacent to an activating group) is 1. The quantitative estimate of drug-likeness (QED) is 0.486. The summed E-state index contributed by atoms with van der Waals surface area (Å²) in [5.41, 5.74) is 0.972. The minimum atomic E-state index is -0.427. The van der Waals surface area contributed by atoms with E-state index in [1.807, 2.05) is 7.05 Å². The maximum Gasteiger partial charge on any atom is 0.269 e. The molecule has 0 saturated carbocycles. The second kappa shape index (κ2) is 5.24. The van der Waals surface area contributed by atoms with Gasteiger partial charge in [-0.05, 0) is 12.6 Å². The zero-order chi connectivity index (χ0) is 13.1. The van der Waals surface area contributed by atoms with Crippen LogP contribution in [0.3, 0.4) is 0 Å². The van der Waals surface area contributed by atoms with Gasteiger partial charge in [0.15, 0.2) is 0 Å². The lowest BCUT2D eigenvalue weighted by Crippen LogP contribution is -2.51. The third kappa shape index (κ3) is 2.39. The van der Waals surface area contributed by atoms with Gasteiger partial charge in [0.25, 0.3) is 5.69 Å². The Bertz CT molecular complexity index is 446. The number of benzene rings is 1. The summed E-state index contributed by atoms with van der Waals surface area (Å²) in [5.74, 6) is 0. The van der Waals surface area contributed by atoms with Crippen LogP contribution in [0.4, 0.5) is 5.69 Å². The maximum absolute atomic E-state index is 11.1. The van der Waals surface area contributed by atoms with Gasteiger partial charge in [-0.2, -0.15) is 0 Å². The Balaban J connectivity index is 2.27. The first kappa shape index (κ1) is 12.7. The van der Waals surface area contributed by atoms with E-state index in [1.54, 1.807) is 12.1 Å². The second-order valence-corrected chi connectivity index (χ2v) is 4.39. The van der Waals surface area contributed by atoms with Crippen LogP contribution < -0.4 is 5.32 Å². The molecule has 2 unspecified atom stereocenters. The van der Waals surface area contributed by atoms with Gasteiger partial charge in [-0.15, -0.1) is 0 Å². The predicted octanol–water partition coefficient (Wildman–Crippen LogP) is 0.738. The summed E-state index contributed by atoms with van der Waals surface area (Å²) in [5, 5.41) is 13.7. The molecule has 1 N–H and O–H groups in total. The van der Waals surface area contributed by atoms with E-state index >= 15 is 0 Å². The zero-order valence-corrected chi connectivity index (χ0v) is 10.1. The normalized spacial score (nSPS) is 24.7. The van der Waals surface area contributed by atoms with E-state index in [4.69, 9.17) is 0 Å². The topological polar surface area (TPSA) is 75.5 Å². The molecule has 1 fully saturated rings. The van der Waals surface area contributed by atoms with E-state index in [-0.39, 0.29) is 17.8 Å². The molecule has 0 bridgehead atoms. The molecule has 0 aliphatic carbocycles. The van der Waals surface area contributed by atoms with E-state index in [1.165, 1.54) is 12.1 Å². The zero-order valence-electron chi connectivity index (χ0n) is 10.1. The molecule has 1 heterocycles. The standard InChI is InChI=1S/C12H15N3O3/c1-14-7-6-13-11(8-16)12(14)9-2-4-10(5-3-9)15(17)18/h2-5,8,11-13H,6-7H2,1H3. The van der Waals surface area contributed by atoms with Gasteiger partial charge in [-0.3, -0.25) is 15.0 Å². The van der Waals surface area contributed by atoms with Crippen LogP contribution in [-0.4, -0.2) is 42.3 Å². The Labute approximate surface area is 105 Å². The van der Waals surface area contributed by atoms with Crippen molar-refractivity contribution in [3.8, 4) is 0 Å². The van der Waals surface area contributed by atoms with E-state index < -0.39 is 4.92 Å². The molecular weight excluding hydrogens is 234 g/mol. The summed E-state index contributed by atoms with van der Waals surface area (Å²) in [6.07, 6.45) is 0.891. The number of piperazine rings is 1. The van der Waals surface area contributed by atoms with E-state index in [9.17, 15) is 14.9 Å². The number of nitro groups is 1. The summed E-state index contributed by atoms with van der Waals surface area (Å²) >= 11 is 0. The lowest BCUT2D eigenvalue weighted by molar-refractivity contribution is -0.384. The number of rotatable bonds is 3. The first-order valence-electron chi connectivity index (χ1n) is 5.77. The average Bonchev–Trinajstić information content (AvgIpc) is 2.38. The molecule has 18 heavy (non-hydrogen) atoms. The molecule has 0 spiro atoms. The first-order chi connectivity index (χ1) is 8.63. The summed E-state index contributed by atoms with van der Waals surface area (Å²) in [7, 11) is 1.95. The van der Waals surface area contributed by atoms with Gasteiger partial charge in [-0.1, -0.05) is 12.1 Å². The van der Waals surface area contributed by atoms with Crippen LogP contribution in [0.5, 0.6) is 0 Å². The van der Waals surface area contributed by atoms with Crippen molar-refractivity contribution in [3.63, 3.8) is 0 Å². The van der Waals surface area contributed by atoms with Gasteiger partial charge in [0.1, 0.15) is 6.29 Å². The van der Waals surface area contributed by atoms with E-state index in [0.717, 1.165) is 24.9 Å². The van der Waals surface area contributed by atoms with Crippen LogP contribution >= 0.6 is 0 Å². The Kier molecular flexibility index (Phi) is 3.69. The third-order valence-electron chi connectivity index (χ3n) is 3.25.